The lowest BCUT2D eigenvalue weighted by Crippen LogP contribution is -2.57. The number of cyclic esters (lactones) is 2. The predicted molar refractivity (Wildman–Crippen MR) is 79.2 cm³/mol. The quantitative estimate of drug-likeness (QED) is 0.599. The van der Waals surface area contributed by atoms with Crippen LogP contribution in [0.2, 0.25) is 0 Å². The molecule has 1 aliphatic carbocycles. The number of hydrogen-bond donors (Lipinski definition) is 1. The standard InChI is InChI=1S/C17H17NO4/c1-16(2)21-14(19)17(15(20)22-16)9-5-7-11-10-6-3-4-8-12(10)18-13(11)17/h3-4,6,8,18H,5,7,9H2,1-2H3. The number of nitrogens with one attached hydrogen (secondary N) is 1. The van der Waals surface area contributed by atoms with Crippen LogP contribution in [0.1, 0.15) is 37.9 Å². The first kappa shape index (κ1) is 13.4. The number of ether oxygens (including phenoxy) is 2. The van der Waals surface area contributed by atoms with Crippen molar-refractivity contribution >= 4 is 22.8 Å². The topological polar surface area (TPSA) is 68.4 Å². The van der Waals surface area contributed by atoms with Crippen LogP contribution in [-0.2, 0) is 30.9 Å². The van der Waals surface area contributed by atoms with Crippen molar-refractivity contribution < 1.29 is 19.1 Å². The van der Waals surface area contributed by atoms with Gasteiger partial charge in [-0.05, 0) is 30.9 Å². The molecule has 1 aromatic carbocycles. The molecule has 0 atom stereocenters. The second-order valence-electron chi connectivity index (χ2n) is 6.46. The predicted octanol–water partition coefficient (Wildman–Crippen LogP) is 2.58. The van der Waals surface area contributed by atoms with E-state index in [0.29, 0.717) is 12.1 Å². The minimum absolute atomic E-state index is 0.417. The third kappa shape index (κ3) is 1.59. The van der Waals surface area contributed by atoms with E-state index in [9.17, 15) is 9.59 Å². The average molecular weight is 299 g/mol. The van der Waals surface area contributed by atoms with Gasteiger partial charge >= 0.3 is 11.9 Å². The fourth-order valence-corrected chi connectivity index (χ4v) is 3.61. The van der Waals surface area contributed by atoms with Crippen LogP contribution in [-0.4, -0.2) is 22.7 Å². The van der Waals surface area contributed by atoms with Crippen molar-refractivity contribution in [2.24, 2.45) is 0 Å². The molecule has 2 heterocycles. The Morgan fingerprint density at radius 3 is 2.50 bits per heavy atom. The fourth-order valence-electron chi connectivity index (χ4n) is 3.61. The van der Waals surface area contributed by atoms with Gasteiger partial charge in [0.25, 0.3) is 5.79 Å². The van der Waals surface area contributed by atoms with Crippen LogP contribution in [0, 0.1) is 0 Å². The Morgan fingerprint density at radius 2 is 1.77 bits per heavy atom. The molecule has 22 heavy (non-hydrogen) atoms. The molecular formula is C17H17NO4. The van der Waals surface area contributed by atoms with Gasteiger partial charge in [-0.1, -0.05) is 18.2 Å². The normalized spacial score (nSPS) is 22.3. The summed E-state index contributed by atoms with van der Waals surface area (Å²) < 4.78 is 10.8. The number of carbonyl (C=O) groups excluding carboxylic acids is 2. The summed E-state index contributed by atoms with van der Waals surface area (Å²) in [5, 5.41) is 1.06. The molecule has 1 spiro atoms. The second kappa shape index (κ2) is 4.12. The van der Waals surface area contributed by atoms with Crippen LogP contribution in [0.15, 0.2) is 24.3 Å². The summed E-state index contributed by atoms with van der Waals surface area (Å²) >= 11 is 0. The van der Waals surface area contributed by atoms with Crippen molar-refractivity contribution in [1.29, 1.82) is 0 Å². The van der Waals surface area contributed by atoms with Crippen LogP contribution < -0.4 is 0 Å². The van der Waals surface area contributed by atoms with E-state index in [-0.39, 0.29) is 0 Å². The van der Waals surface area contributed by atoms with Crippen molar-refractivity contribution in [2.75, 3.05) is 0 Å². The van der Waals surface area contributed by atoms with Crippen LogP contribution in [0.3, 0.4) is 0 Å². The molecule has 0 amide bonds. The number of hydrogen-bond acceptors (Lipinski definition) is 4. The van der Waals surface area contributed by atoms with Gasteiger partial charge in [-0.15, -0.1) is 0 Å². The summed E-state index contributed by atoms with van der Waals surface area (Å²) in [7, 11) is 0. The lowest BCUT2D eigenvalue weighted by atomic mass is 9.72. The molecule has 2 aliphatic rings. The summed E-state index contributed by atoms with van der Waals surface area (Å²) in [6.45, 7) is 3.15. The molecule has 1 fully saturated rings. The summed E-state index contributed by atoms with van der Waals surface area (Å²) in [4.78, 5) is 28.7. The average Bonchev–Trinajstić information content (AvgIpc) is 2.83. The first-order valence-corrected chi connectivity index (χ1v) is 7.51. The maximum atomic E-state index is 12.7. The number of rotatable bonds is 0. The van der Waals surface area contributed by atoms with Gasteiger partial charge in [0.1, 0.15) is 0 Å². The molecule has 5 heteroatoms. The minimum Gasteiger partial charge on any atom is -0.422 e. The van der Waals surface area contributed by atoms with E-state index in [1.807, 2.05) is 24.3 Å². The monoisotopic (exact) mass is 299 g/mol. The Balaban J connectivity index is 1.95. The smallest absolute Gasteiger partial charge is 0.332 e. The number of para-hydroxylation sites is 1. The first-order chi connectivity index (χ1) is 10.4. The number of aromatic amines is 1. The maximum Gasteiger partial charge on any atom is 0.332 e. The SMILES string of the molecule is CC1(C)OC(=O)C2(CCCc3c2[nH]c2ccccc32)C(=O)O1. The number of benzene rings is 1. The molecule has 1 aliphatic heterocycles. The number of esters is 2. The highest BCUT2D eigenvalue weighted by molar-refractivity contribution is 6.09. The van der Waals surface area contributed by atoms with Crippen molar-refractivity contribution in [3.63, 3.8) is 0 Å². The maximum absolute atomic E-state index is 12.7. The molecule has 0 radical (unpaired) electrons. The van der Waals surface area contributed by atoms with Gasteiger partial charge in [0.05, 0.1) is 0 Å². The van der Waals surface area contributed by atoms with Gasteiger partial charge in [0.2, 0.25) is 5.41 Å². The molecular weight excluding hydrogens is 282 g/mol. The molecule has 4 rings (SSSR count). The van der Waals surface area contributed by atoms with Crippen molar-refractivity contribution in [1.82, 2.24) is 4.98 Å². The third-order valence-electron chi connectivity index (χ3n) is 4.59. The zero-order valence-corrected chi connectivity index (χ0v) is 12.6. The number of aromatic nitrogens is 1. The Labute approximate surface area is 127 Å². The van der Waals surface area contributed by atoms with Crippen LogP contribution in [0.25, 0.3) is 10.9 Å². The van der Waals surface area contributed by atoms with E-state index >= 15 is 0 Å². The van der Waals surface area contributed by atoms with Crippen LogP contribution in [0.5, 0.6) is 0 Å². The van der Waals surface area contributed by atoms with E-state index in [1.165, 1.54) is 0 Å². The Hall–Kier alpha value is -2.30. The first-order valence-electron chi connectivity index (χ1n) is 7.51. The Bertz CT molecular complexity index is 782. The molecule has 114 valence electrons. The highest BCUT2D eigenvalue weighted by Crippen LogP contribution is 2.45. The van der Waals surface area contributed by atoms with Crippen molar-refractivity contribution in [3.8, 4) is 0 Å². The van der Waals surface area contributed by atoms with E-state index in [0.717, 1.165) is 29.3 Å². The summed E-state index contributed by atoms with van der Waals surface area (Å²) in [5.41, 5.74) is 1.25. The minimum atomic E-state index is -1.35. The van der Waals surface area contributed by atoms with Crippen LogP contribution in [0.4, 0.5) is 0 Å². The Morgan fingerprint density at radius 1 is 1.09 bits per heavy atom. The largest absolute Gasteiger partial charge is 0.422 e. The molecule has 0 saturated carbocycles. The molecule has 0 bridgehead atoms. The zero-order valence-electron chi connectivity index (χ0n) is 12.6. The molecule has 1 saturated heterocycles. The third-order valence-corrected chi connectivity index (χ3v) is 4.59. The van der Waals surface area contributed by atoms with E-state index in [1.54, 1.807) is 13.8 Å². The molecule has 1 aromatic heterocycles. The molecule has 1 N–H and O–H groups in total. The van der Waals surface area contributed by atoms with E-state index in [2.05, 4.69) is 4.98 Å². The molecule has 5 nitrogen and oxygen atoms in total. The molecule has 2 aromatic rings. The van der Waals surface area contributed by atoms with E-state index < -0.39 is 23.1 Å². The van der Waals surface area contributed by atoms with Gasteiger partial charge in [-0.25, -0.2) is 0 Å². The zero-order chi connectivity index (χ0) is 15.5. The van der Waals surface area contributed by atoms with Gasteiger partial charge in [0, 0.05) is 30.4 Å². The van der Waals surface area contributed by atoms with Crippen molar-refractivity contribution in [3.05, 3.63) is 35.5 Å². The summed E-state index contributed by atoms with van der Waals surface area (Å²) in [5.74, 6) is -2.23. The van der Waals surface area contributed by atoms with Gasteiger partial charge < -0.3 is 14.5 Å². The highest BCUT2D eigenvalue weighted by atomic mass is 16.7. The molecule has 0 unspecified atom stereocenters. The number of fused-ring (bicyclic) bond motifs is 4. The lowest BCUT2D eigenvalue weighted by molar-refractivity contribution is -0.244. The number of carbonyl (C=O) groups is 2. The number of H-pyrrole nitrogens is 1. The number of aryl methyl sites for hydroxylation is 1. The van der Waals surface area contributed by atoms with Gasteiger partial charge in [-0.2, -0.15) is 0 Å². The summed E-state index contributed by atoms with van der Waals surface area (Å²) in [6.07, 6.45) is 2.01. The van der Waals surface area contributed by atoms with Gasteiger partial charge in [0.15, 0.2) is 0 Å². The lowest BCUT2D eigenvalue weighted by Gasteiger charge is -2.41. The van der Waals surface area contributed by atoms with Gasteiger partial charge in [-0.3, -0.25) is 9.59 Å². The van der Waals surface area contributed by atoms with Crippen LogP contribution >= 0.6 is 0 Å². The van der Waals surface area contributed by atoms with Crippen molar-refractivity contribution in [2.45, 2.75) is 44.3 Å². The highest BCUT2D eigenvalue weighted by Gasteiger charge is 2.59. The second-order valence-corrected chi connectivity index (χ2v) is 6.46. The fraction of sp³-hybridized carbons (Fsp3) is 0.412. The summed E-state index contributed by atoms with van der Waals surface area (Å²) in [6, 6.07) is 7.84. The van der Waals surface area contributed by atoms with E-state index in [4.69, 9.17) is 9.47 Å². The Kier molecular flexibility index (Phi) is 2.50.